The van der Waals surface area contributed by atoms with E-state index in [0.717, 1.165) is 0 Å². The summed E-state index contributed by atoms with van der Waals surface area (Å²) in [6.45, 7) is 0. The fourth-order valence-electron chi connectivity index (χ4n) is 1.38. The molecule has 82 valence electrons. The van der Waals surface area contributed by atoms with Gasteiger partial charge in [0.1, 0.15) is 11.6 Å². The average molecular weight is 219 g/mol. The molecule has 5 heteroatoms. The van der Waals surface area contributed by atoms with E-state index in [9.17, 15) is 9.18 Å². The van der Waals surface area contributed by atoms with Crippen molar-refractivity contribution in [2.75, 3.05) is 5.73 Å². The van der Waals surface area contributed by atoms with Crippen molar-refractivity contribution in [3.63, 3.8) is 0 Å². The molecule has 1 aromatic heterocycles. The first-order valence-corrected chi connectivity index (χ1v) is 4.67. The van der Waals surface area contributed by atoms with E-state index < -0.39 is 0 Å². The number of hydrogen-bond acceptors (Lipinski definition) is 3. The third-order valence-electron chi connectivity index (χ3n) is 2.34. The molecule has 0 fully saturated rings. The van der Waals surface area contributed by atoms with Crippen molar-refractivity contribution < 1.29 is 9.18 Å². The Labute approximate surface area is 91.5 Å². The fraction of sp³-hybridized carbons (Fsp3) is 0.0909. The Morgan fingerprint density at radius 2 is 2.00 bits per heavy atom. The molecule has 0 aliphatic rings. The Hall–Kier alpha value is -2.17. The molecule has 0 bridgehead atoms. The smallest absolute Gasteiger partial charge is 0.198 e. The second-order valence-corrected chi connectivity index (χ2v) is 3.40. The van der Waals surface area contributed by atoms with Gasteiger partial charge in [-0.3, -0.25) is 9.48 Å². The fourth-order valence-corrected chi connectivity index (χ4v) is 1.38. The standard InChI is InChI=1S/C11H10FN3O/c1-15-11(13)9(6-14-15)10(16)7-2-4-8(12)5-3-7/h2-6H,13H2,1H3. The lowest BCUT2D eigenvalue weighted by Crippen LogP contribution is -2.06. The number of nitrogens with two attached hydrogens (primary N) is 1. The minimum atomic E-state index is -0.379. The van der Waals surface area contributed by atoms with Crippen LogP contribution in [-0.2, 0) is 7.05 Å². The highest BCUT2D eigenvalue weighted by molar-refractivity contribution is 6.11. The first-order chi connectivity index (χ1) is 7.59. The highest BCUT2D eigenvalue weighted by atomic mass is 19.1. The number of halogens is 1. The molecule has 16 heavy (non-hydrogen) atoms. The monoisotopic (exact) mass is 219 g/mol. The van der Waals surface area contributed by atoms with Crippen LogP contribution in [0.3, 0.4) is 0 Å². The Morgan fingerprint density at radius 3 is 2.50 bits per heavy atom. The van der Waals surface area contributed by atoms with Gasteiger partial charge in [0.2, 0.25) is 0 Å². The van der Waals surface area contributed by atoms with Crippen LogP contribution < -0.4 is 5.73 Å². The van der Waals surface area contributed by atoms with Crippen LogP contribution in [0.4, 0.5) is 10.2 Å². The van der Waals surface area contributed by atoms with Crippen molar-refractivity contribution in [2.45, 2.75) is 0 Å². The molecule has 0 aliphatic carbocycles. The summed E-state index contributed by atoms with van der Waals surface area (Å²) in [5.41, 5.74) is 6.39. The van der Waals surface area contributed by atoms with Crippen LogP contribution in [-0.4, -0.2) is 15.6 Å². The van der Waals surface area contributed by atoms with Gasteiger partial charge in [-0.2, -0.15) is 5.10 Å². The summed E-state index contributed by atoms with van der Waals surface area (Å²) in [4.78, 5) is 11.9. The van der Waals surface area contributed by atoms with Crippen molar-refractivity contribution in [1.29, 1.82) is 0 Å². The van der Waals surface area contributed by atoms with Crippen LogP contribution in [0.2, 0.25) is 0 Å². The molecule has 2 aromatic rings. The maximum Gasteiger partial charge on any atom is 0.198 e. The Morgan fingerprint density at radius 1 is 1.38 bits per heavy atom. The van der Waals surface area contributed by atoms with Crippen LogP contribution in [0.5, 0.6) is 0 Å². The van der Waals surface area contributed by atoms with Crippen molar-refractivity contribution in [2.24, 2.45) is 7.05 Å². The first-order valence-electron chi connectivity index (χ1n) is 4.67. The van der Waals surface area contributed by atoms with E-state index in [2.05, 4.69) is 5.10 Å². The van der Waals surface area contributed by atoms with Crippen LogP contribution in [0.25, 0.3) is 0 Å². The zero-order chi connectivity index (χ0) is 11.7. The summed E-state index contributed by atoms with van der Waals surface area (Å²) in [5, 5.41) is 3.88. The van der Waals surface area contributed by atoms with Crippen molar-refractivity contribution in [3.8, 4) is 0 Å². The minimum absolute atomic E-state index is 0.259. The Bertz CT molecular complexity index is 531. The molecule has 0 unspecified atom stereocenters. The SMILES string of the molecule is Cn1ncc(C(=O)c2ccc(F)cc2)c1N. The summed E-state index contributed by atoms with van der Waals surface area (Å²) in [6, 6.07) is 5.31. The molecule has 0 amide bonds. The molecule has 0 atom stereocenters. The van der Waals surface area contributed by atoms with Crippen molar-refractivity contribution >= 4 is 11.6 Å². The number of carbonyl (C=O) groups excluding carboxylic acids is 1. The van der Waals surface area contributed by atoms with E-state index in [1.54, 1.807) is 7.05 Å². The summed E-state index contributed by atoms with van der Waals surface area (Å²) in [7, 11) is 1.65. The number of nitrogen functional groups attached to an aromatic ring is 1. The summed E-state index contributed by atoms with van der Waals surface area (Å²) >= 11 is 0. The largest absolute Gasteiger partial charge is 0.383 e. The molecule has 1 aromatic carbocycles. The van der Waals surface area contributed by atoms with Gasteiger partial charge >= 0.3 is 0 Å². The van der Waals surface area contributed by atoms with E-state index in [-0.39, 0.29) is 11.6 Å². The highest BCUT2D eigenvalue weighted by Gasteiger charge is 2.15. The van der Waals surface area contributed by atoms with Crippen LogP contribution in [0, 0.1) is 5.82 Å². The van der Waals surface area contributed by atoms with Gasteiger partial charge in [-0.25, -0.2) is 4.39 Å². The van der Waals surface area contributed by atoms with Crippen LogP contribution in [0.1, 0.15) is 15.9 Å². The van der Waals surface area contributed by atoms with Gasteiger partial charge in [0, 0.05) is 12.6 Å². The number of ketones is 1. The molecule has 1 heterocycles. The lowest BCUT2D eigenvalue weighted by atomic mass is 10.1. The minimum Gasteiger partial charge on any atom is -0.383 e. The molecule has 0 radical (unpaired) electrons. The maximum absolute atomic E-state index is 12.7. The van der Waals surface area contributed by atoms with Crippen LogP contribution in [0.15, 0.2) is 30.5 Å². The molecule has 0 spiro atoms. The lowest BCUT2D eigenvalue weighted by Gasteiger charge is -2.00. The van der Waals surface area contributed by atoms with Gasteiger partial charge < -0.3 is 5.73 Å². The topological polar surface area (TPSA) is 60.9 Å². The molecule has 2 N–H and O–H groups in total. The van der Waals surface area contributed by atoms with E-state index in [1.807, 2.05) is 0 Å². The van der Waals surface area contributed by atoms with E-state index in [0.29, 0.717) is 16.9 Å². The van der Waals surface area contributed by atoms with Crippen LogP contribution >= 0.6 is 0 Å². The van der Waals surface area contributed by atoms with Gasteiger partial charge in [0.05, 0.1) is 11.8 Å². The molecular weight excluding hydrogens is 209 g/mol. The number of nitrogens with zero attached hydrogens (tertiary/aromatic N) is 2. The normalized spacial score (nSPS) is 10.4. The predicted octanol–water partition coefficient (Wildman–Crippen LogP) is 1.37. The third kappa shape index (κ3) is 1.67. The number of hydrogen-bond donors (Lipinski definition) is 1. The van der Waals surface area contributed by atoms with E-state index >= 15 is 0 Å². The number of carbonyl (C=O) groups is 1. The second-order valence-electron chi connectivity index (χ2n) is 3.40. The quantitative estimate of drug-likeness (QED) is 0.776. The molecule has 2 rings (SSSR count). The Balaban J connectivity index is 2.39. The van der Waals surface area contributed by atoms with Crippen molar-refractivity contribution in [1.82, 2.24) is 9.78 Å². The maximum atomic E-state index is 12.7. The van der Waals surface area contributed by atoms with Gasteiger partial charge in [-0.15, -0.1) is 0 Å². The summed E-state index contributed by atoms with van der Waals surface area (Å²) < 4.78 is 14.1. The summed E-state index contributed by atoms with van der Waals surface area (Å²) in [6.07, 6.45) is 1.40. The lowest BCUT2D eigenvalue weighted by molar-refractivity contribution is 0.103. The zero-order valence-corrected chi connectivity index (χ0v) is 8.64. The highest BCUT2D eigenvalue weighted by Crippen LogP contribution is 2.15. The first kappa shape index (κ1) is 10.4. The number of aromatic nitrogens is 2. The third-order valence-corrected chi connectivity index (χ3v) is 2.34. The summed E-state index contributed by atoms with van der Waals surface area (Å²) in [5.74, 6) is -0.337. The average Bonchev–Trinajstić information content (AvgIpc) is 2.60. The zero-order valence-electron chi connectivity index (χ0n) is 8.64. The predicted molar refractivity (Wildman–Crippen MR) is 57.5 cm³/mol. The van der Waals surface area contributed by atoms with Crippen molar-refractivity contribution in [3.05, 3.63) is 47.4 Å². The molecular formula is C11H10FN3O. The Kier molecular flexibility index (Phi) is 2.44. The number of rotatable bonds is 2. The van der Waals surface area contributed by atoms with Gasteiger partial charge in [0.15, 0.2) is 5.78 Å². The number of benzene rings is 1. The molecule has 0 saturated heterocycles. The molecule has 0 aliphatic heterocycles. The van der Waals surface area contributed by atoms with Gasteiger partial charge in [0.25, 0.3) is 0 Å². The number of aryl methyl sites for hydroxylation is 1. The number of anilines is 1. The van der Waals surface area contributed by atoms with Gasteiger partial charge in [-0.1, -0.05) is 0 Å². The van der Waals surface area contributed by atoms with E-state index in [1.165, 1.54) is 35.1 Å². The molecule has 0 saturated carbocycles. The van der Waals surface area contributed by atoms with E-state index in [4.69, 9.17) is 5.73 Å². The second kappa shape index (κ2) is 3.77. The molecule has 4 nitrogen and oxygen atoms in total. The van der Waals surface area contributed by atoms with Gasteiger partial charge in [-0.05, 0) is 24.3 Å².